The van der Waals surface area contributed by atoms with Crippen molar-refractivity contribution in [3.05, 3.63) is 0 Å². The summed E-state index contributed by atoms with van der Waals surface area (Å²) in [6.45, 7) is 1.77. The number of amides is 1. The Morgan fingerprint density at radius 3 is 2.35 bits per heavy atom. The van der Waals surface area contributed by atoms with Gasteiger partial charge in [0.05, 0.1) is 30.6 Å². The average Bonchev–Trinajstić information content (AvgIpc) is 3.44. The quantitative estimate of drug-likeness (QED) is 0.443. The van der Waals surface area contributed by atoms with Gasteiger partial charge < -0.3 is 15.4 Å². The number of nitrogens with two attached hydrogens (primary N) is 1. The Hall–Kier alpha value is -1.21. The highest BCUT2D eigenvalue weighted by Crippen LogP contribution is 2.44. The van der Waals surface area contributed by atoms with Gasteiger partial charge in [-0.05, 0) is 82.5 Å². The van der Waals surface area contributed by atoms with Gasteiger partial charge in [0, 0.05) is 25.0 Å². The standard InChI is InChI=1S/C27H45FN4O2/c28-21-12-13-31(17-21)27(33)25-14-19-8-9-20(26(29)30)15-24(19)32(25)16-18-6-10-23(11-7-18)34-22-4-2-1-3-5-22/h18-25H,1-17H2,(H3,29,30)/t18?,19?,20?,21-,23?,24?,25?/m1/s1. The number of ether oxygens (including phenoxy) is 1. The van der Waals surface area contributed by atoms with Crippen LogP contribution in [0.2, 0.25) is 0 Å². The summed E-state index contributed by atoms with van der Waals surface area (Å²) in [5.41, 5.74) is 5.91. The zero-order valence-corrected chi connectivity index (χ0v) is 20.8. The Balaban J connectivity index is 1.22. The second kappa shape index (κ2) is 10.8. The van der Waals surface area contributed by atoms with E-state index in [4.69, 9.17) is 15.9 Å². The monoisotopic (exact) mass is 476 g/mol. The number of likely N-dealkylation sites (tertiary alicyclic amines) is 2. The third-order valence-corrected chi connectivity index (χ3v) is 9.68. The lowest BCUT2D eigenvalue weighted by Gasteiger charge is -2.40. The van der Waals surface area contributed by atoms with Crippen LogP contribution in [0.15, 0.2) is 0 Å². The lowest BCUT2D eigenvalue weighted by Crippen LogP contribution is -2.50. The summed E-state index contributed by atoms with van der Waals surface area (Å²) in [6, 6.07) is 0.207. The summed E-state index contributed by atoms with van der Waals surface area (Å²) in [4.78, 5) is 17.8. The third-order valence-electron chi connectivity index (χ3n) is 9.68. The first-order chi connectivity index (χ1) is 16.5. The van der Waals surface area contributed by atoms with Crippen LogP contribution >= 0.6 is 0 Å². The summed E-state index contributed by atoms with van der Waals surface area (Å²) in [5.74, 6) is 1.67. The van der Waals surface area contributed by atoms with E-state index in [0.717, 1.165) is 45.1 Å². The lowest BCUT2D eigenvalue weighted by molar-refractivity contribution is -0.136. The molecule has 0 aromatic heterocycles. The van der Waals surface area contributed by atoms with Crippen LogP contribution < -0.4 is 5.73 Å². The molecule has 5 atom stereocenters. The van der Waals surface area contributed by atoms with Crippen molar-refractivity contribution in [2.75, 3.05) is 19.6 Å². The molecule has 3 aliphatic carbocycles. The normalized spacial score (nSPS) is 39.8. The Bertz CT molecular complexity index is 721. The SMILES string of the molecule is N=C(N)C1CCC2CC(C(=O)N3CC[C@@H](F)C3)N(CC3CCC(OC4CCCCC4)CC3)C2C1. The predicted molar refractivity (Wildman–Crippen MR) is 131 cm³/mol. The van der Waals surface area contributed by atoms with Crippen molar-refractivity contribution in [3.63, 3.8) is 0 Å². The highest BCUT2D eigenvalue weighted by molar-refractivity contribution is 5.83. The molecule has 3 saturated carbocycles. The number of alkyl halides is 1. The van der Waals surface area contributed by atoms with Crippen LogP contribution in [-0.2, 0) is 9.53 Å². The maximum absolute atomic E-state index is 13.9. The van der Waals surface area contributed by atoms with Gasteiger partial charge in [0.2, 0.25) is 5.91 Å². The molecule has 0 radical (unpaired) electrons. The van der Waals surface area contributed by atoms with E-state index in [1.807, 2.05) is 0 Å². The van der Waals surface area contributed by atoms with Gasteiger partial charge in [0.15, 0.2) is 0 Å². The van der Waals surface area contributed by atoms with Crippen molar-refractivity contribution in [1.29, 1.82) is 5.41 Å². The van der Waals surface area contributed by atoms with Crippen LogP contribution in [0.1, 0.15) is 89.9 Å². The van der Waals surface area contributed by atoms with Crippen molar-refractivity contribution in [2.45, 2.75) is 120 Å². The first-order valence-corrected chi connectivity index (χ1v) is 14.2. The molecule has 3 N–H and O–H groups in total. The Labute approximate surface area is 204 Å². The van der Waals surface area contributed by atoms with Gasteiger partial charge >= 0.3 is 0 Å². The molecule has 2 heterocycles. The van der Waals surface area contributed by atoms with Crippen LogP contribution in [0.5, 0.6) is 0 Å². The molecule has 0 aromatic rings. The highest BCUT2D eigenvalue weighted by Gasteiger charge is 2.49. The van der Waals surface area contributed by atoms with E-state index in [1.165, 1.54) is 44.9 Å². The molecule has 0 bridgehead atoms. The van der Waals surface area contributed by atoms with E-state index < -0.39 is 6.17 Å². The molecule has 4 unspecified atom stereocenters. The molecule has 5 rings (SSSR count). The zero-order chi connectivity index (χ0) is 23.7. The van der Waals surface area contributed by atoms with Gasteiger partial charge in [-0.3, -0.25) is 15.1 Å². The number of rotatable bonds is 6. The number of halogens is 1. The number of carbonyl (C=O) groups is 1. The van der Waals surface area contributed by atoms with Crippen LogP contribution in [0.4, 0.5) is 4.39 Å². The molecule has 2 aliphatic heterocycles. The van der Waals surface area contributed by atoms with Crippen molar-refractivity contribution in [2.24, 2.45) is 23.5 Å². The maximum atomic E-state index is 13.9. The predicted octanol–water partition coefficient (Wildman–Crippen LogP) is 4.26. The summed E-state index contributed by atoms with van der Waals surface area (Å²) >= 11 is 0. The van der Waals surface area contributed by atoms with E-state index in [2.05, 4.69) is 4.90 Å². The van der Waals surface area contributed by atoms with Gasteiger partial charge in [0.25, 0.3) is 0 Å². The van der Waals surface area contributed by atoms with E-state index >= 15 is 0 Å². The van der Waals surface area contributed by atoms with E-state index in [-0.39, 0.29) is 24.4 Å². The number of carbonyl (C=O) groups excluding carboxylic acids is 1. The molecule has 0 aromatic carbocycles. The molecule has 7 heteroatoms. The van der Waals surface area contributed by atoms with Crippen LogP contribution in [0, 0.1) is 23.2 Å². The topological polar surface area (TPSA) is 82.6 Å². The maximum Gasteiger partial charge on any atom is 0.240 e. The smallest absolute Gasteiger partial charge is 0.240 e. The molecule has 192 valence electrons. The first kappa shape index (κ1) is 24.5. The van der Waals surface area contributed by atoms with Crippen LogP contribution in [-0.4, -0.2) is 71.6 Å². The van der Waals surface area contributed by atoms with Gasteiger partial charge in [-0.15, -0.1) is 0 Å². The summed E-state index contributed by atoms with van der Waals surface area (Å²) in [5, 5.41) is 8.01. The summed E-state index contributed by atoms with van der Waals surface area (Å²) in [6.07, 6.45) is 15.3. The van der Waals surface area contributed by atoms with Gasteiger partial charge in [-0.25, -0.2) is 4.39 Å². The lowest BCUT2D eigenvalue weighted by atomic mass is 9.77. The van der Waals surface area contributed by atoms with Gasteiger partial charge in [-0.1, -0.05) is 19.3 Å². The van der Waals surface area contributed by atoms with Gasteiger partial charge in [-0.2, -0.15) is 0 Å². The molecule has 5 aliphatic rings. The van der Waals surface area contributed by atoms with Gasteiger partial charge in [0.1, 0.15) is 6.17 Å². The molecular weight excluding hydrogens is 431 g/mol. The minimum absolute atomic E-state index is 0.123. The molecular formula is C27H45FN4O2. The second-order valence-corrected chi connectivity index (χ2v) is 12.0. The Kier molecular flexibility index (Phi) is 7.79. The Morgan fingerprint density at radius 1 is 0.941 bits per heavy atom. The molecule has 5 fully saturated rings. The van der Waals surface area contributed by atoms with E-state index in [9.17, 15) is 9.18 Å². The first-order valence-electron chi connectivity index (χ1n) is 14.2. The third kappa shape index (κ3) is 5.45. The number of hydrogen-bond acceptors (Lipinski definition) is 4. The molecule has 34 heavy (non-hydrogen) atoms. The summed E-state index contributed by atoms with van der Waals surface area (Å²) < 4.78 is 20.3. The van der Waals surface area contributed by atoms with E-state index in [0.29, 0.717) is 48.9 Å². The largest absolute Gasteiger partial charge is 0.387 e. The van der Waals surface area contributed by atoms with Crippen molar-refractivity contribution in [1.82, 2.24) is 9.80 Å². The number of amidine groups is 1. The van der Waals surface area contributed by atoms with E-state index in [1.54, 1.807) is 4.90 Å². The highest BCUT2D eigenvalue weighted by atomic mass is 19.1. The number of nitrogens with zero attached hydrogens (tertiary/aromatic N) is 2. The number of hydrogen-bond donors (Lipinski definition) is 2. The van der Waals surface area contributed by atoms with Crippen LogP contribution in [0.3, 0.4) is 0 Å². The van der Waals surface area contributed by atoms with Crippen molar-refractivity contribution >= 4 is 11.7 Å². The van der Waals surface area contributed by atoms with Crippen LogP contribution in [0.25, 0.3) is 0 Å². The number of nitrogens with one attached hydrogen (secondary N) is 1. The summed E-state index contributed by atoms with van der Waals surface area (Å²) in [7, 11) is 0. The fourth-order valence-electron chi connectivity index (χ4n) is 7.68. The average molecular weight is 477 g/mol. The molecule has 0 spiro atoms. The molecule has 1 amide bonds. The Morgan fingerprint density at radius 2 is 1.68 bits per heavy atom. The fourth-order valence-corrected chi connectivity index (χ4v) is 7.68. The molecule has 6 nitrogen and oxygen atoms in total. The molecule has 2 saturated heterocycles. The number of fused-ring (bicyclic) bond motifs is 1. The second-order valence-electron chi connectivity index (χ2n) is 12.0. The minimum atomic E-state index is -0.873. The zero-order valence-electron chi connectivity index (χ0n) is 20.8. The minimum Gasteiger partial charge on any atom is -0.387 e. The van der Waals surface area contributed by atoms with Crippen molar-refractivity contribution < 1.29 is 13.9 Å². The van der Waals surface area contributed by atoms with Crippen molar-refractivity contribution in [3.8, 4) is 0 Å². The fraction of sp³-hybridized carbons (Fsp3) is 0.926.